The van der Waals surface area contributed by atoms with E-state index in [4.69, 9.17) is 19.0 Å². The maximum Gasteiger partial charge on any atom is 0.327 e. The fourth-order valence-electron chi connectivity index (χ4n) is 8.75. The van der Waals surface area contributed by atoms with E-state index in [1.54, 1.807) is 30.1 Å². The number of nitrogens with zero attached hydrogens (tertiary/aromatic N) is 3. The highest BCUT2D eigenvalue weighted by molar-refractivity contribution is 5.96. The van der Waals surface area contributed by atoms with Gasteiger partial charge < -0.3 is 34.4 Å². The average molecular weight is 725 g/mol. The van der Waals surface area contributed by atoms with Crippen LogP contribution in [0, 0.1) is 5.41 Å². The number of esters is 1. The number of ether oxygens (including phenoxy) is 3. The molecule has 0 spiro atoms. The first-order chi connectivity index (χ1) is 25.1. The lowest BCUT2D eigenvalue weighted by Gasteiger charge is -2.50. The van der Waals surface area contributed by atoms with Crippen molar-refractivity contribution in [2.75, 3.05) is 33.8 Å². The number of amides is 3. The molecule has 4 saturated heterocycles. The quantitative estimate of drug-likeness (QED) is 0.148. The van der Waals surface area contributed by atoms with E-state index in [0.29, 0.717) is 32.2 Å². The van der Waals surface area contributed by atoms with Crippen molar-refractivity contribution < 1.29 is 43.3 Å². The van der Waals surface area contributed by atoms with E-state index in [1.165, 1.54) is 11.0 Å². The van der Waals surface area contributed by atoms with Gasteiger partial charge in [0.15, 0.2) is 11.8 Å². The van der Waals surface area contributed by atoms with Crippen LogP contribution in [0.1, 0.15) is 95.6 Å². The number of unbranched alkanes of at least 4 members (excludes halogenated alkanes) is 4. The molecule has 2 N–H and O–H groups in total. The van der Waals surface area contributed by atoms with Gasteiger partial charge in [-0.3, -0.25) is 24.0 Å². The van der Waals surface area contributed by atoms with Crippen molar-refractivity contribution in [3.63, 3.8) is 0 Å². The van der Waals surface area contributed by atoms with Crippen molar-refractivity contribution in [3.05, 3.63) is 41.5 Å². The first kappa shape index (κ1) is 38.4. The second-order valence-corrected chi connectivity index (χ2v) is 15.2. The number of hydrogen-bond acceptors (Lipinski definition) is 10. The maximum atomic E-state index is 15.2. The number of aliphatic hydroxyl groups excluding tert-OH is 1. The van der Waals surface area contributed by atoms with Crippen LogP contribution < -0.4 is 5.32 Å². The SMILES string of the molecule is CCCCCC1(CCCCC)O[C@@H]2[C@H](O1)[C@H]1ON(Cc3ccc(C=CC(=O)N(C)C)cc3)[C@H]3C(=O)O[C@@H]2C[C@@]13C(=O)N1CCC[C@@H]1C(=O)NCCO. The lowest BCUT2D eigenvalue weighted by atomic mass is 9.62. The van der Waals surface area contributed by atoms with Crippen LogP contribution in [-0.2, 0) is 44.8 Å². The summed E-state index contributed by atoms with van der Waals surface area (Å²) < 4.78 is 20.1. The number of hydroxylamine groups is 2. The van der Waals surface area contributed by atoms with E-state index in [0.717, 1.165) is 49.7 Å². The molecule has 4 heterocycles. The van der Waals surface area contributed by atoms with Crippen molar-refractivity contribution >= 4 is 29.8 Å². The average Bonchev–Trinajstić information content (AvgIpc) is 3.86. The molecule has 0 unspecified atom stereocenters. The second-order valence-electron chi connectivity index (χ2n) is 15.2. The van der Waals surface area contributed by atoms with Gasteiger partial charge in [-0.25, -0.2) is 0 Å². The number of rotatable bonds is 16. The van der Waals surface area contributed by atoms with Gasteiger partial charge in [-0.05, 0) is 42.9 Å². The summed E-state index contributed by atoms with van der Waals surface area (Å²) in [6.45, 7) is 4.75. The molecule has 5 fully saturated rings. The number of carbonyl (C=O) groups is 4. The normalized spacial score (nSPS) is 30.4. The summed E-state index contributed by atoms with van der Waals surface area (Å²) >= 11 is 0. The number of carbonyl (C=O) groups excluding carboxylic acids is 4. The summed E-state index contributed by atoms with van der Waals surface area (Å²) in [7, 11) is 3.39. The molecule has 286 valence electrons. The number of aliphatic hydroxyl groups is 1. The molecular formula is C39H56N4O9. The van der Waals surface area contributed by atoms with Gasteiger partial charge in [0.05, 0.1) is 13.2 Å². The molecule has 1 aromatic carbocycles. The second kappa shape index (κ2) is 16.3. The lowest BCUT2D eigenvalue weighted by molar-refractivity contribution is -0.225. The zero-order chi connectivity index (χ0) is 37.0. The van der Waals surface area contributed by atoms with Crippen molar-refractivity contribution in [3.8, 4) is 0 Å². The van der Waals surface area contributed by atoms with Crippen LogP contribution in [0.15, 0.2) is 30.3 Å². The van der Waals surface area contributed by atoms with Gasteiger partial charge in [0.2, 0.25) is 17.7 Å². The van der Waals surface area contributed by atoms with E-state index in [-0.39, 0.29) is 43.8 Å². The monoisotopic (exact) mass is 724 g/mol. The van der Waals surface area contributed by atoms with Crippen LogP contribution in [0.25, 0.3) is 6.08 Å². The van der Waals surface area contributed by atoms with Crippen molar-refractivity contribution in [2.45, 2.75) is 133 Å². The van der Waals surface area contributed by atoms with Gasteiger partial charge in [0, 0.05) is 52.5 Å². The molecule has 52 heavy (non-hydrogen) atoms. The van der Waals surface area contributed by atoms with Gasteiger partial charge in [0.1, 0.15) is 35.9 Å². The van der Waals surface area contributed by atoms with Gasteiger partial charge in [-0.2, -0.15) is 5.06 Å². The molecule has 4 aliphatic heterocycles. The minimum Gasteiger partial charge on any atom is -0.458 e. The summed E-state index contributed by atoms with van der Waals surface area (Å²) in [5, 5.41) is 13.7. The number of fused-ring (bicyclic) bond motifs is 4. The Morgan fingerprint density at radius 1 is 1.02 bits per heavy atom. The van der Waals surface area contributed by atoms with E-state index in [1.807, 2.05) is 24.3 Å². The van der Waals surface area contributed by atoms with Crippen molar-refractivity contribution in [1.82, 2.24) is 20.2 Å². The third-order valence-corrected chi connectivity index (χ3v) is 11.4. The first-order valence-corrected chi connectivity index (χ1v) is 19.2. The number of likely N-dealkylation sites (tertiary alicyclic amines) is 1. The largest absolute Gasteiger partial charge is 0.458 e. The third kappa shape index (κ3) is 7.39. The molecule has 0 aromatic heterocycles. The highest BCUT2D eigenvalue weighted by Crippen LogP contribution is 2.59. The molecule has 2 bridgehead atoms. The van der Waals surface area contributed by atoms with Crippen LogP contribution in [-0.4, -0.2) is 120 Å². The minimum absolute atomic E-state index is 0.0899. The molecule has 13 nitrogen and oxygen atoms in total. The number of benzene rings is 1. The van der Waals surface area contributed by atoms with E-state index >= 15 is 4.79 Å². The van der Waals surface area contributed by atoms with Crippen molar-refractivity contribution in [1.29, 1.82) is 0 Å². The van der Waals surface area contributed by atoms with Crippen LogP contribution in [0.3, 0.4) is 0 Å². The smallest absolute Gasteiger partial charge is 0.327 e. The number of likely N-dealkylation sites (N-methyl/N-ethyl adjacent to an activating group) is 1. The van der Waals surface area contributed by atoms with Gasteiger partial charge >= 0.3 is 5.97 Å². The Kier molecular flexibility index (Phi) is 12.1. The Morgan fingerprint density at radius 2 is 1.71 bits per heavy atom. The molecule has 6 rings (SSSR count). The van der Waals surface area contributed by atoms with E-state index in [9.17, 15) is 19.5 Å². The van der Waals surface area contributed by atoms with E-state index < -0.39 is 53.7 Å². The fourth-order valence-corrected chi connectivity index (χ4v) is 8.75. The maximum absolute atomic E-state index is 15.2. The summed E-state index contributed by atoms with van der Waals surface area (Å²) in [5.41, 5.74) is 0.300. The highest BCUT2D eigenvalue weighted by Gasteiger charge is 2.77. The Balaban J connectivity index is 1.34. The van der Waals surface area contributed by atoms with Crippen LogP contribution >= 0.6 is 0 Å². The van der Waals surface area contributed by atoms with Crippen LogP contribution in [0.2, 0.25) is 0 Å². The van der Waals surface area contributed by atoms with Gasteiger partial charge in [0.25, 0.3) is 0 Å². The molecule has 13 heteroatoms. The summed E-state index contributed by atoms with van der Waals surface area (Å²) in [4.78, 5) is 64.6. The van der Waals surface area contributed by atoms with Gasteiger partial charge in [-0.1, -0.05) is 63.8 Å². The molecule has 3 amide bonds. The fraction of sp³-hybridized carbons (Fsp3) is 0.692. The molecular weight excluding hydrogens is 668 g/mol. The molecule has 1 aromatic rings. The Bertz CT molecular complexity index is 1470. The Morgan fingerprint density at radius 3 is 2.37 bits per heavy atom. The molecule has 7 atom stereocenters. The van der Waals surface area contributed by atoms with Gasteiger partial charge in [-0.15, -0.1) is 0 Å². The zero-order valence-corrected chi connectivity index (χ0v) is 31.1. The standard InChI is InChI=1S/C39H56N4O9/c1-5-7-9-19-38(20-10-8-6-2)50-31-29-24-39(37(48)42-22-11-12-28(42)35(46)40-21-23-44)33(36(47)49-29)43(52-34(39)32(31)51-38)25-27-15-13-26(14-16-27)17-18-30(45)41(3)4/h13-18,28-29,31-34,44H,5-12,19-25H2,1-4H3,(H,40,46)/t28-,29-,31+,32+,33+,34-,39+/m1/s1. The topological polar surface area (TPSA) is 147 Å². The number of hydrogen-bond donors (Lipinski definition) is 2. The molecule has 1 aliphatic carbocycles. The Labute approximate surface area is 306 Å². The lowest BCUT2D eigenvalue weighted by Crippen LogP contribution is -2.70. The van der Waals surface area contributed by atoms with Crippen LogP contribution in [0.5, 0.6) is 0 Å². The van der Waals surface area contributed by atoms with Crippen LogP contribution in [0.4, 0.5) is 0 Å². The summed E-state index contributed by atoms with van der Waals surface area (Å²) in [6, 6.07) is 5.79. The zero-order valence-electron chi connectivity index (χ0n) is 31.1. The summed E-state index contributed by atoms with van der Waals surface area (Å²) in [5.74, 6) is -2.18. The predicted octanol–water partition coefficient (Wildman–Crippen LogP) is 3.33. The predicted molar refractivity (Wildman–Crippen MR) is 191 cm³/mol. The third-order valence-electron chi connectivity index (χ3n) is 11.4. The molecule has 1 saturated carbocycles. The summed E-state index contributed by atoms with van der Waals surface area (Å²) in [6.07, 6.45) is 9.12. The highest BCUT2D eigenvalue weighted by atomic mass is 16.8. The number of nitrogens with one attached hydrogen (secondary N) is 1. The van der Waals surface area contributed by atoms with E-state index in [2.05, 4.69) is 19.2 Å². The first-order valence-electron chi connectivity index (χ1n) is 19.2. The molecule has 5 aliphatic rings. The molecule has 0 radical (unpaired) electrons. The Hall–Kier alpha value is -3.36. The minimum atomic E-state index is -1.37. The van der Waals surface area contributed by atoms with Crippen molar-refractivity contribution in [2.24, 2.45) is 5.41 Å².